The lowest BCUT2D eigenvalue weighted by Gasteiger charge is -2.22. The average molecular weight is 644 g/mol. The van der Waals surface area contributed by atoms with Gasteiger partial charge in [0.1, 0.15) is 5.82 Å². The van der Waals surface area contributed by atoms with E-state index in [9.17, 15) is 31.4 Å². The third-order valence-corrected chi connectivity index (χ3v) is 9.64. The van der Waals surface area contributed by atoms with Crippen LogP contribution in [0.5, 0.6) is 5.75 Å². The molecule has 0 aromatic heterocycles. The van der Waals surface area contributed by atoms with Crippen LogP contribution < -0.4 is 0 Å². The number of phenols is 1. The van der Waals surface area contributed by atoms with Crippen molar-refractivity contribution in [2.45, 2.75) is 103 Å². The summed E-state index contributed by atoms with van der Waals surface area (Å²) in [5, 5.41) is 10.00. The van der Waals surface area contributed by atoms with Crippen molar-refractivity contribution in [3.8, 4) is 5.75 Å². The van der Waals surface area contributed by atoms with Crippen molar-refractivity contribution in [1.29, 1.82) is 0 Å². The molecule has 2 aromatic carbocycles. The van der Waals surface area contributed by atoms with Gasteiger partial charge >= 0.3 is 11.8 Å². The zero-order valence-corrected chi connectivity index (χ0v) is 27.1. The van der Waals surface area contributed by atoms with Crippen molar-refractivity contribution in [3.63, 3.8) is 0 Å². The van der Waals surface area contributed by atoms with Crippen LogP contribution in [0.25, 0.3) is 11.1 Å². The molecule has 0 radical (unpaired) electrons. The highest BCUT2D eigenvalue weighted by Crippen LogP contribution is 2.41. The summed E-state index contributed by atoms with van der Waals surface area (Å²) in [6, 6.07) is 8.44. The molecule has 0 bridgehead atoms. The van der Waals surface area contributed by atoms with Gasteiger partial charge in [-0.1, -0.05) is 25.0 Å². The number of halogens is 6. The number of nitrogens with zero attached hydrogens (tertiary/aromatic N) is 1. The van der Waals surface area contributed by atoms with Gasteiger partial charge in [0.15, 0.2) is 11.6 Å². The molecule has 0 unspecified atom stereocenters. The second kappa shape index (κ2) is 17.0. The standard InChI is InChI=1S/C35H47F6NOS/c1-25-24-26(15-17-31(25)36)27-13-10-14-30-29(16-18-32(43)33(30)37)28(27)12-6-4-5-7-20-42(3)21-8-9-22-44-23-11-19-35(40,41)34(2,38)39/h15-18,24,43H,4-14,19-23H2,1-3H3. The highest BCUT2D eigenvalue weighted by atomic mass is 32.2. The summed E-state index contributed by atoms with van der Waals surface area (Å²) in [4.78, 5) is 2.29. The Labute approximate surface area is 263 Å². The normalized spacial score (nSPS) is 14.3. The van der Waals surface area contributed by atoms with Crippen molar-refractivity contribution < 1.29 is 31.4 Å². The Bertz CT molecular complexity index is 1240. The third-order valence-electron chi connectivity index (χ3n) is 8.49. The molecule has 3 rings (SSSR count). The van der Waals surface area contributed by atoms with Crippen molar-refractivity contribution in [2.75, 3.05) is 31.6 Å². The number of thioether (sulfide) groups is 1. The molecule has 0 amide bonds. The van der Waals surface area contributed by atoms with Gasteiger partial charge in [-0.25, -0.2) is 17.6 Å². The van der Waals surface area contributed by atoms with E-state index in [2.05, 4.69) is 11.9 Å². The number of hydrogen-bond acceptors (Lipinski definition) is 3. The molecular formula is C35H47F6NOS. The second-order valence-electron chi connectivity index (χ2n) is 12.2. The fraction of sp³-hybridized carbons (Fsp3) is 0.600. The molecule has 246 valence electrons. The quantitative estimate of drug-likeness (QED) is 0.129. The number of fused-ring (bicyclic) bond motifs is 1. The minimum atomic E-state index is -3.97. The first kappa shape index (κ1) is 36.3. The molecule has 0 aliphatic heterocycles. The van der Waals surface area contributed by atoms with Gasteiger partial charge in [-0.05, 0) is 148 Å². The summed E-state index contributed by atoms with van der Waals surface area (Å²) in [5.74, 6) is -7.71. The largest absolute Gasteiger partial charge is 0.505 e. The van der Waals surface area contributed by atoms with E-state index in [0.717, 1.165) is 98.9 Å². The molecule has 0 fully saturated rings. The lowest BCUT2D eigenvalue weighted by Crippen LogP contribution is -2.37. The van der Waals surface area contributed by atoms with Crippen molar-refractivity contribution in [1.82, 2.24) is 4.90 Å². The number of rotatable bonds is 18. The monoisotopic (exact) mass is 643 g/mol. The van der Waals surface area contributed by atoms with Crippen LogP contribution in [0.2, 0.25) is 0 Å². The molecule has 9 heteroatoms. The lowest BCUT2D eigenvalue weighted by molar-refractivity contribution is -0.200. The molecule has 1 N–H and O–H groups in total. The second-order valence-corrected chi connectivity index (χ2v) is 13.4. The number of aromatic hydroxyl groups is 1. The van der Waals surface area contributed by atoms with Crippen LogP contribution >= 0.6 is 11.8 Å². The first-order valence-corrected chi connectivity index (χ1v) is 17.0. The van der Waals surface area contributed by atoms with E-state index in [-0.39, 0.29) is 24.9 Å². The summed E-state index contributed by atoms with van der Waals surface area (Å²) >= 11 is 1.54. The van der Waals surface area contributed by atoms with E-state index in [4.69, 9.17) is 0 Å². The Balaban J connectivity index is 1.41. The summed E-state index contributed by atoms with van der Waals surface area (Å²) in [5.41, 5.74) is 5.21. The van der Waals surface area contributed by atoms with Crippen LogP contribution in [0.3, 0.4) is 0 Å². The summed E-state index contributed by atoms with van der Waals surface area (Å²) < 4.78 is 81.3. The van der Waals surface area contributed by atoms with E-state index in [1.807, 2.05) is 18.2 Å². The molecule has 0 saturated carbocycles. The Kier molecular flexibility index (Phi) is 14.0. The van der Waals surface area contributed by atoms with Crippen molar-refractivity contribution in [3.05, 3.63) is 64.2 Å². The van der Waals surface area contributed by atoms with Gasteiger partial charge in [0, 0.05) is 13.3 Å². The van der Waals surface area contributed by atoms with Crippen LogP contribution in [0.4, 0.5) is 26.3 Å². The Morgan fingerprint density at radius 2 is 1.55 bits per heavy atom. The molecule has 0 saturated heterocycles. The van der Waals surface area contributed by atoms with Gasteiger partial charge in [-0.3, -0.25) is 0 Å². The van der Waals surface area contributed by atoms with Crippen LogP contribution in [-0.4, -0.2) is 53.5 Å². The van der Waals surface area contributed by atoms with Gasteiger partial charge in [0.25, 0.3) is 0 Å². The minimum Gasteiger partial charge on any atom is -0.505 e. The number of phenolic OH excluding ortho intramolecular Hbond substituents is 1. The Hall–Kier alpha value is -2.13. The maximum atomic E-state index is 14.9. The van der Waals surface area contributed by atoms with Crippen molar-refractivity contribution >= 4 is 22.9 Å². The van der Waals surface area contributed by atoms with E-state index in [0.29, 0.717) is 23.3 Å². The van der Waals surface area contributed by atoms with Gasteiger partial charge < -0.3 is 10.0 Å². The van der Waals surface area contributed by atoms with Gasteiger partial charge in [0.2, 0.25) is 0 Å². The van der Waals surface area contributed by atoms with Crippen LogP contribution in [0, 0.1) is 18.6 Å². The van der Waals surface area contributed by atoms with Crippen LogP contribution in [0.15, 0.2) is 30.3 Å². The lowest BCUT2D eigenvalue weighted by atomic mass is 9.88. The third kappa shape index (κ3) is 10.5. The number of aryl methyl sites for hydroxylation is 1. The molecule has 1 aliphatic carbocycles. The number of hydrogen-bond donors (Lipinski definition) is 1. The van der Waals surface area contributed by atoms with E-state index in [1.54, 1.807) is 18.7 Å². The van der Waals surface area contributed by atoms with E-state index in [1.165, 1.54) is 12.1 Å². The zero-order chi connectivity index (χ0) is 32.3. The highest BCUT2D eigenvalue weighted by Gasteiger charge is 2.51. The van der Waals surface area contributed by atoms with Crippen molar-refractivity contribution in [2.24, 2.45) is 0 Å². The predicted octanol–water partition coefficient (Wildman–Crippen LogP) is 10.7. The Morgan fingerprint density at radius 3 is 2.25 bits per heavy atom. The summed E-state index contributed by atoms with van der Waals surface area (Å²) in [6.07, 6.45) is 8.22. The fourth-order valence-electron chi connectivity index (χ4n) is 5.78. The topological polar surface area (TPSA) is 23.5 Å². The zero-order valence-electron chi connectivity index (χ0n) is 26.3. The molecule has 1 aliphatic rings. The highest BCUT2D eigenvalue weighted by molar-refractivity contribution is 7.99. The molecule has 44 heavy (non-hydrogen) atoms. The number of benzene rings is 2. The molecule has 2 aromatic rings. The van der Waals surface area contributed by atoms with E-state index >= 15 is 0 Å². The van der Waals surface area contributed by atoms with E-state index < -0.39 is 24.1 Å². The smallest absolute Gasteiger partial charge is 0.309 e. The Morgan fingerprint density at radius 1 is 0.864 bits per heavy atom. The maximum absolute atomic E-state index is 14.9. The van der Waals surface area contributed by atoms with Gasteiger partial charge in [-0.2, -0.15) is 20.5 Å². The maximum Gasteiger partial charge on any atom is 0.309 e. The summed E-state index contributed by atoms with van der Waals surface area (Å²) in [6.45, 7) is 3.95. The molecule has 0 atom stereocenters. The number of alkyl halides is 4. The molecular weight excluding hydrogens is 596 g/mol. The van der Waals surface area contributed by atoms with Crippen LogP contribution in [0.1, 0.15) is 99.8 Å². The van der Waals surface area contributed by atoms with Gasteiger partial charge in [-0.15, -0.1) is 0 Å². The number of allylic oxidation sites excluding steroid dienone is 2. The fourth-order valence-corrected chi connectivity index (χ4v) is 6.74. The molecule has 2 nitrogen and oxygen atoms in total. The average Bonchev–Trinajstić information content (AvgIpc) is 3.14. The minimum absolute atomic E-state index is 0.0818. The first-order valence-electron chi connectivity index (χ1n) is 15.8. The predicted molar refractivity (Wildman–Crippen MR) is 171 cm³/mol. The number of unbranched alkanes of at least 4 members (excludes halogenated alkanes) is 4. The van der Waals surface area contributed by atoms with Crippen LogP contribution in [-0.2, 0) is 6.42 Å². The van der Waals surface area contributed by atoms with Gasteiger partial charge in [0.05, 0.1) is 0 Å². The molecule has 0 heterocycles. The molecule has 0 spiro atoms. The summed E-state index contributed by atoms with van der Waals surface area (Å²) in [7, 11) is 2.09. The first-order chi connectivity index (χ1) is 20.8. The SMILES string of the molecule is Cc1cc(C2=C(CCCCCCN(C)CCCCSCCCC(F)(F)C(C)(F)F)c3ccc(O)c(F)c3CCC2)ccc1F.